The van der Waals surface area contributed by atoms with Gasteiger partial charge < -0.3 is 0 Å². The minimum atomic E-state index is 0.225. The highest BCUT2D eigenvalue weighted by atomic mass is 16.1. The number of rotatable bonds is 3. The van der Waals surface area contributed by atoms with Crippen LogP contribution in [0.15, 0.2) is 0 Å². The van der Waals surface area contributed by atoms with E-state index in [1.165, 1.54) is 6.42 Å². The molecule has 0 aromatic rings. The summed E-state index contributed by atoms with van der Waals surface area (Å²) in [5, 5.41) is 0. The van der Waals surface area contributed by atoms with Crippen molar-refractivity contribution in [1.82, 2.24) is 4.90 Å². The highest BCUT2D eigenvalue weighted by Gasteiger charge is 2.32. The van der Waals surface area contributed by atoms with E-state index < -0.39 is 0 Å². The van der Waals surface area contributed by atoms with Gasteiger partial charge in [-0.3, -0.25) is 9.69 Å². The minimum absolute atomic E-state index is 0.225. The smallest absolute Gasteiger partial charge is 0.146 e. The van der Waals surface area contributed by atoms with Crippen LogP contribution in [0.25, 0.3) is 0 Å². The molecule has 0 radical (unpaired) electrons. The molecule has 1 fully saturated rings. The number of ketones is 1. The Morgan fingerprint density at radius 1 is 1.43 bits per heavy atom. The molecule has 1 aliphatic heterocycles. The van der Waals surface area contributed by atoms with Gasteiger partial charge in [-0.15, -0.1) is 0 Å². The standard InChI is InChI=1S/C12H23NO/c1-10(2)6-8-13-9-11(14)5-7-12(13,3)4/h10H,5-9H2,1-4H3. The fourth-order valence-corrected chi connectivity index (χ4v) is 1.91. The first-order valence-electron chi connectivity index (χ1n) is 5.68. The summed E-state index contributed by atoms with van der Waals surface area (Å²) in [4.78, 5) is 13.7. The number of likely N-dealkylation sites (tertiary alicyclic amines) is 1. The molecule has 0 spiro atoms. The molecular formula is C12H23NO. The molecule has 0 saturated carbocycles. The molecular weight excluding hydrogens is 174 g/mol. The molecule has 1 saturated heterocycles. The maximum Gasteiger partial charge on any atom is 0.146 e. The van der Waals surface area contributed by atoms with Gasteiger partial charge >= 0.3 is 0 Å². The van der Waals surface area contributed by atoms with E-state index in [1.54, 1.807) is 0 Å². The molecule has 0 atom stereocenters. The maximum absolute atomic E-state index is 11.4. The third-order valence-electron chi connectivity index (χ3n) is 3.22. The fourth-order valence-electron chi connectivity index (χ4n) is 1.91. The summed E-state index contributed by atoms with van der Waals surface area (Å²) in [5.41, 5.74) is 0.225. The van der Waals surface area contributed by atoms with Crippen molar-refractivity contribution in [3.8, 4) is 0 Å². The van der Waals surface area contributed by atoms with E-state index in [1.807, 2.05) is 0 Å². The molecule has 0 aromatic heterocycles. The molecule has 0 N–H and O–H groups in total. The van der Waals surface area contributed by atoms with Crippen LogP contribution in [0.4, 0.5) is 0 Å². The number of nitrogens with zero attached hydrogens (tertiary/aromatic N) is 1. The van der Waals surface area contributed by atoms with E-state index in [2.05, 4.69) is 32.6 Å². The van der Waals surface area contributed by atoms with Gasteiger partial charge in [-0.1, -0.05) is 13.8 Å². The molecule has 0 bridgehead atoms. The van der Waals surface area contributed by atoms with Crippen molar-refractivity contribution >= 4 is 5.78 Å². The third kappa shape index (κ3) is 3.09. The molecule has 0 aromatic carbocycles. The van der Waals surface area contributed by atoms with Gasteiger partial charge in [-0.25, -0.2) is 0 Å². The summed E-state index contributed by atoms with van der Waals surface area (Å²) in [6, 6.07) is 0. The second-order valence-electron chi connectivity index (χ2n) is 5.46. The van der Waals surface area contributed by atoms with Crippen molar-refractivity contribution < 1.29 is 4.79 Å². The first kappa shape index (κ1) is 11.7. The molecule has 0 aliphatic carbocycles. The zero-order chi connectivity index (χ0) is 10.8. The Hall–Kier alpha value is -0.370. The Balaban J connectivity index is 2.50. The number of hydrogen-bond donors (Lipinski definition) is 0. The Morgan fingerprint density at radius 2 is 2.07 bits per heavy atom. The van der Waals surface area contributed by atoms with Gasteiger partial charge in [0.15, 0.2) is 0 Å². The van der Waals surface area contributed by atoms with Gasteiger partial charge in [0.1, 0.15) is 5.78 Å². The van der Waals surface area contributed by atoms with Crippen molar-refractivity contribution in [2.24, 2.45) is 5.92 Å². The zero-order valence-corrected chi connectivity index (χ0v) is 9.97. The minimum Gasteiger partial charge on any atom is -0.298 e. The summed E-state index contributed by atoms with van der Waals surface area (Å²) in [6.45, 7) is 10.7. The average molecular weight is 197 g/mol. The summed E-state index contributed by atoms with van der Waals surface area (Å²) >= 11 is 0. The molecule has 2 heteroatoms. The number of carbonyl (C=O) groups excluding carboxylic acids is 1. The van der Waals surface area contributed by atoms with Crippen LogP contribution in [0.5, 0.6) is 0 Å². The SMILES string of the molecule is CC(C)CCN1CC(=O)CCC1(C)C. The van der Waals surface area contributed by atoms with Crippen molar-refractivity contribution in [1.29, 1.82) is 0 Å². The summed E-state index contributed by atoms with van der Waals surface area (Å²) < 4.78 is 0. The molecule has 1 heterocycles. The molecule has 1 rings (SSSR count). The van der Waals surface area contributed by atoms with Gasteiger partial charge in [0.05, 0.1) is 6.54 Å². The average Bonchev–Trinajstić information content (AvgIpc) is 2.07. The zero-order valence-electron chi connectivity index (χ0n) is 9.97. The lowest BCUT2D eigenvalue weighted by Crippen LogP contribution is -2.51. The molecule has 82 valence electrons. The number of carbonyl (C=O) groups is 1. The van der Waals surface area contributed by atoms with Crippen LogP contribution in [-0.2, 0) is 4.79 Å². The molecule has 1 aliphatic rings. The molecule has 0 unspecified atom stereocenters. The van der Waals surface area contributed by atoms with Crippen molar-refractivity contribution in [2.45, 2.75) is 52.5 Å². The van der Waals surface area contributed by atoms with E-state index in [-0.39, 0.29) is 5.54 Å². The van der Waals surface area contributed by atoms with Crippen LogP contribution in [-0.4, -0.2) is 29.3 Å². The van der Waals surface area contributed by atoms with E-state index in [4.69, 9.17) is 0 Å². The maximum atomic E-state index is 11.4. The highest BCUT2D eigenvalue weighted by molar-refractivity contribution is 5.81. The van der Waals surface area contributed by atoms with Gasteiger partial charge in [0, 0.05) is 12.0 Å². The number of hydrogen-bond acceptors (Lipinski definition) is 2. The van der Waals surface area contributed by atoms with Crippen LogP contribution in [0, 0.1) is 5.92 Å². The first-order valence-corrected chi connectivity index (χ1v) is 5.68. The van der Waals surface area contributed by atoms with Crippen LogP contribution in [0.2, 0.25) is 0 Å². The fraction of sp³-hybridized carbons (Fsp3) is 0.917. The van der Waals surface area contributed by atoms with E-state index in [0.29, 0.717) is 12.3 Å². The van der Waals surface area contributed by atoms with Crippen molar-refractivity contribution in [3.63, 3.8) is 0 Å². The topological polar surface area (TPSA) is 20.3 Å². The predicted octanol–water partition coefficient (Wildman–Crippen LogP) is 2.48. The second kappa shape index (κ2) is 4.43. The van der Waals surface area contributed by atoms with Crippen LogP contribution in [0.3, 0.4) is 0 Å². The monoisotopic (exact) mass is 197 g/mol. The quantitative estimate of drug-likeness (QED) is 0.692. The molecule has 0 amide bonds. The summed E-state index contributed by atoms with van der Waals surface area (Å²) in [5.74, 6) is 1.14. The number of Topliss-reactive ketones (excluding diaryl/α,β-unsaturated/α-hetero) is 1. The normalized spacial score (nSPS) is 23.1. The van der Waals surface area contributed by atoms with Gasteiger partial charge in [-0.05, 0) is 39.2 Å². The van der Waals surface area contributed by atoms with Gasteiger partial charge in [-0.2, -0.15) is 0 Å². The Bertz CT molecular complexity index is 208. The Kier molecular flexibility index (Phi) is 3.71. The summed E-state index contributed by atoms with van der Waals surface area (Å²) in [7, 11) is 0. The predicted molar refractivity (Wildman–Crippen MR) is 59.3 cm³/mol. The second-order valence-corrected chi connectivity index (χ2v) is 5.46. The third-order valence-corrected chi connectivity index (χ3v) is 3.22. The lowest BCUT2D eigenvalue weighted by molar-refractivity contribution is -0.125. The van der Waals surface area contributed by atoms with Crippen LogP contribution in [0.1, 0.15) is 47.0 Å². The molecule has 14 heavy (non-hydrogen) atoms. The van der Waals surface area contributed by atoms with Crippen molar-refractivity contribution in [3.05, 3.63) is 0 Å². The Labute approximate surface area is 87.7 Å². The van der Waals surface area contributed by atoms with E-state index in [9.17, 15) is 4.79 Å². The lowest BCUT2D eigenvalue weighted by atomic mass is 9.89. The lowest BCUT2D eigenvalue weighted by Gasteiger charge is -2.42. The largest absolute Gasteiger partial charge is 0.298 e. The highest BCUT2D eigenvalue weighted by Crippen LogP contribution is 2.26. The van der Waals surface area contributed by atoms with E-state index in [0.717, 1.165) is 25.3 Å². The number of piperidine rings is 1. The van der Waals surface area contributed by atoms with Crippen LogP contribution >= 0.6 is 0 Å². The van der Waals surface area contributed by atoms with Crippen LogP contribution < -0.4 is 0 Å². The van der Waals surface area contributed by atoms with E-state index >= 15 is 0 Å². The molecule has 2 nitrogen and oxygen atoms in total. The van der Waals surface area contributed by atoms with Gasteiger partial charge in [0.2, 0.25) is 0 Å². The van der Waals surface area contributed by atoms with Crippen molar-refractivity contribution in [2.75, 3.05) is 13.1 Å². The summed E-state index contributed by atoms with van der Waals surface area (Å²) in [6.07, 6.45) is 2.98. The first-order chi connectivity index (χ1) is 6.42. The van der Waals surface area contributed by atoms with Gasteiger partial charge in [0.25, 0.3) is 0 Å². The Morgan fingerprint density at radius 3 is 2.64 bits per heavy atom.